The number of ether oxygens (including phenoxy) is 1. The zero-order valence-corrected chi connectivity index (χ0v) is 14.2. The maximum absolute atomic E-state index is 12.0. The second kappa shape index (κ2) is 9.73. The van der Waals surface area contributed by atoms with E-state index in [1.54, 1.807) is 0 Å². The Kier molecular flexibility index (Phi) is 7.30. The summed E-state index contributed by atoms with van der Waals surface area (Å²) in [4.78, 5) is 12.0. The molecular weight excluding hydrogens is 300 g/mol. The molecule has 24 heavy (non-hydrogen) atoms. The van der Waals surface area contributed by atoms with Gasteiger partial charge in [-0.25, -0.2) is 0 Å². The van der Waals surface area contributed by atoms with Crippen molar-refractivity contribution < 1.29 is 9.53 Å². The molecule has 0 aliphatic carbocycles. The first kappa shape index (κ1) is 18.0. The van der Waals surface area contributed by atoms with E-state index in [4.69, 9.17) is 10.5 Å². The molecule has 4 nitrogen and oxygen atoms in total. The summed E-state index contributed by atoms with van der Waals surface area (Å²) in [5.41, 5.74) is 8.23. The van der Waals surface area contributed by atoms with E-state index in [2.05, 4.69) is 12.2 Å². The van der Waals surface area contributed by atoms with Crippen molar-refractivity contribution in [2.24, 2.45) is 5.73 Å². The molecule has 4 heteroatoms. The van der Waals surface area contributed by atoms with Crippen molar-refractivity contribution in [2.75, 3.05) is 13.2 Å². The van der Waals surface area contributed by atoms with Crippen LogP contribution >= 0.6 is 0 Å². The lowest BCUT2D eigenvalue weighted by molar-refractivity contribution is -0.121. The number of amides is 1. The third-order valence-corrected chi connectivity index (χ3v) is 3.78. The molecule has 0 aliphatic heterocycles. The fraction of sp³-hybridized carbons (Fsp3) is 0.350. The maximum atomic E-state index is 12.0. The lowest BCUT2D eigenvalue weighted by Gasteiger charge is -2.13. The molecule has 0 saturated heterocycles. The van der Waals surface area contributed by atoms with E-state index < -0.39 is 0 Å². The third-order valence-electron chi connectivity index (χ3n) is 3.78. The minimum Gasteiger partial charge on any atom is -0.494 e. The molecule has 0 heterocycles. The smallest absolute Gasteiger partial charge is 0.220 e. The van der Waals surface area contributed by atoms with Gasteiger partial charge in [-0.3, -0.25) is 4.79 Å². The molecule has 2 aromatic carbocycles. The Morgan fingerprint density at radius 1 is 1.12 bits per heavy atom. The Bertz CT molecular complexity index is 611. The number of hydrogen-bond acceptors (Lipinski definition) is 3. The second-order valence-corrected chi connectivity index (χ2v) is 5.81. The van der Waals surface area contributed by atoms with E-state index >= 15 is 0 Å². The van der Waals surface area contributed by atoms with Gasteiger partial charge in [-0.1, -0.05) is 49.4 Å². The highest BCUT2D eigenvalue weighted by atomic mass is 16.5. The van der Waals surface area contributed by atoms with Crippen LogP contribution in [0.4, 0.5) is 0 Å². The molecule has 1 amide bonds. The minimum absolute atomic E-state index is 0.0210. The van der Waals surface area contributed by atoms with E-state index in [1.807, 2.05) is 54.6 Å². The van der Waals surface area contributed by atoms with Crippen LogP contribution in [0.15, 0.2) is 54.6 Å². The quantitative estimate of drug-likeness (QED) is 0.743. The van der Waals surface area contributed by atoms with Crippen molar-refractivity contribution in [3.05, 3.63) is 65.7 Å². The zero-order valence-electron chi connectivity index (χ0n) is 14.2. The van der Waals surface area contributed by atoms with Crippen molar-refractivity contribution in [1.29, 1.82) is 0 Å². The Balaban J connectivity index is 1.71. The molecule has 1 unspecified atom stereocenters. The topological polar surface area (TPSA) is 64.3 Å². The average molecular weight is 326 g/mol. The van der Waals surface area contributed by atoms with Crippen LogP contribution in [0.2, 0.25) is 0 Å². The molecule has 1 atom stereocenters. The van der Waals surface area contributed by atoms with Crippen molar-refractivity contribution >= 4 is 5.91 Å². The van der Waals surface area contributed by atoms with Gasteiger partial charge in [0.25, 0.3) is 0 Å². The predicted molar refractivity (Wildman–Crippen MR) is 96.9 cm³/mol. The molecule has 0 aromatic heterocycles. The number of benzene rings is 2. The van der Waals surface area contributed by atoms with Gasteiger partial charge in [-0.2, -0.15) is 0 Å². The Labute approximate surface area is 144 Å². The molecule has 128 valence electrons. The van der Waals surface area contributed by atoms with Gasteiger partial charge >= 0.3 is 0 Å². The Morgan fingerprint density at radius 2 is 1.83 bits per heavy atom. The van der Waals surface area contributed by atoms with E-state index in [0.717, 1.165) is 29.9 Å². The molecule has 0 fully saturated rings. The standard InChI is InChI=1S/C20H26N2O2/c1-2-14-24-18-11-8-16(9-12-18)10-13-20(23)22-15-19(21)17-6-4-3-5-7-17/h3-9,11-12,19H,2,10,13-15,21H2,1H3,(H,22,23). The molecule has 0 aliphatic rings. The van der Waals surface area contributed by atoms with E-state index in [1.165, 1.54) is 0 Å². The van der Waals surface area contributed by atoms with E-state index in [0.29, 0.717) is 19.4 Å². The summed E-state index contributed by atoms with van der Waals surface area (Å²) in [7, 11) is 0. The van der Waals surface area contributed by atoms with Gasteiger partial charge in [0.2, 0.25) is 5.91 Å². The monoisotopic (exact) mass is 326 g/mol. The normalized spacial score (nSPS) is 11.8. The second-order valence-electron chi connectivity index (χ2n) is 5.81. The fourth-order valence-corrected chi connectivity index (χ4v) is 2.36. The van der Waals surface area contributed by atoms with Crippen LogP contribution < -0.4 is 15.8 Å². The highest BCUT2D eigenvalue weighted by Gasteiger charge is 2.08. The average Bonchev–Trinajstić information content (AvgIpc) is 2.64. The fourth-order valence-electron chi connectivity index (χ4n) is 2.36. The summed E-state index contributed by atoms with van der Waals surface area (Å²) >= 11 is 0. The van der Waals surface area contributed by atoms with Crippen LogP contribution in [-0.4, -0.2) is 19.1 Å². The van der Waals surface area contributed by atoms with Gasteiger partial charge in [-0.05, 0) is 36.1 Å². The van der Waals surface area contributed by atoms with Crippen LogP contribution in [0.5, 0.6) is 5.75 Å². The number of carbonyl (C=O) groups excluding carboxylic acids is 1. The molecule has 0 saturated carbocycles. The molecule has 0 spiro atoms. The lowest BCUT2D eigenvalue weighted by atomic mass is 10.1. The molecule has 2 rings (SSSR count). The number of aryl methyl sites for hydroxylation is 1. The third kappa shape index (κ3) is 6.05. The molecule has 0 radical (unpaired) electrons. The minimum atomic E-state index is -0.176. The number of nitrogens with two attached hydrogens (primary N) is 1. The summed E-state index contributed by atoms with van der Waals surface area (Å²) in [6, 6.07) is 17.5. The highest BCUT2D eigenvalue weighted by molar-refractivity contribution is 5.76. The van der Waals surface area contributed by atoms with Crippen LogP contribution in [0, 0.1) is 0 Å². The molecule has 2 aromatic rings. The first-order valence-electron chi connectivity index (χ1n) is 8.48. The first-order chi connectivity index (χ1) is 11.7. The number of rotatable bonds is 9. The van der Waals surface area contributed by atoms with E-state index in [9.17, 15) is 4.79 Å². The molecule has 0 bridgehead atoms. The van der Waals surface area contributed by atoms with Crippen LogP contribution in [0.3, 0.4) is 0 Å². The number of nitrogens with one attached hydrogen (secondary N) is 1. The Hall–Kier alpha value is -2.33. The van der Waals surface area contributed by atoms with Crippen LogP contribution in [-0.2, 0) is 11.2 Å². The summed E-state index contributed by atoms with van der Waals surface area (Å²) < 4.78 is 5.55. The first-order valence-corrected chi connectivity index (χ1v) is 8.48. The predicted octanol–water partition coefficient (Wildman–Crippen LogP) is 3.22. The number of hydrogen-bond donors (Lipinski definition) is 2. The largest absolute Gasteiger partial charge is 0.494 e. The van der Waals surface area contributed by atoms with Gasteiger partial charge in [0.15, 0.2) is 0 Å². The van der Waals surface area contributed by atoms with Crippen LogP contribution in [0.25, 0.3) is 0 Å². The van der Waals surface area contributed by atoms with Crippen molar-refractivity contribution in [2.45, 2.75) is 32.2 Å². The van der Waals surface area contributed by atoms with Gasteiger partial charge in [0.1, 0.15) is 5.75 Å². The SMILES string of the molecule is CCCOc1ccc(CCC(=O)NCC(N)c2ccccc2)cc1. The summed E-state index contributed by atoms with van der Waals surface area (Å²) in [6.45, 7) is 3.26. The van der Waals surface area contributed by atoms with Crippen molar-refractivity contribution in [1.82, 2.24) is 5.32 Å². The molecule has 3 N–H and O–H groups in total. The lowest BCUT2D eigenvalue weighted by Crippen LogP contribution is -2.32. The molecular formula is C20H26N2O2. The summed E-state index contributed by atoms with van der Waals surface area (Å²) in [5.74, 6) is 0.895. The van der Waals surface area contributed by atoms with Crippen LogP contribution in [0.1, 0.15) is 36.9 Å². The van der Waals surface area contributed by atoms with Gasteiger partial charge in [-0.15, -0.1) is 0 Å². The summed E-state index contributed by atoms with van der Waals surface area (Å²) in [6.07, 6.45) is 2.16. The maximum Gasteiger partial charge on any atom is 0.220 e. The van der Waals surface area contributed by atoms with Gasteiger partial charge < -0.3 is 15.8 Å². The van der Waals surface area contributed by atoms with E-state index in [-0.39, 0.29) is 11.9 Å². The summed E-state index contributed by atoms with van der Waals surface area (Å²) in [5, 5.41) is 2.90. The van der Waals surface area contributed by atoms with Crippen molar-refractivity contribution in [3.8, 4) is 5.75 Å². The van der Waals surface area contributed by atoms with Gasteiger partial charge in [0.05, 0.1) is 6.61 Å². The zero-order chi connectivity index (χ0) is 17.2. The van der Waals surface area contributed by atoms with Gasteiger partial charge in [0, 0.05) is 19.0 Å². The van der Waals surface area contributed by atoms with Crippen molar-refractivity contribution in [3.63, 3.8) is 0 Å². The highest BCUT2D eigenvalue weighted by Crippen LogP contribution is 2.14. The number of carbonyl (C=O) groups is 1. The Morgan fingerprint density at radius 3 is 2.50 bits per heavy atom.